The molecule has 0 aliphatic carbocycles. The molecule has 2 heterocycles. The van der Waals surface area contributed by atoms with Crippen LogP contribution in [-0.4, -0.2) is 14.5 Å². The van der Waals surface area contributed by atoms with Crippen LogP contribution in [0.1, 0.15) is 22.3 Å². The van der Waals surface area contributed by atoms with E-state index in [-0.39, 0.29) is 0 Å². The zero-order valence-corrected chi connectivity index (χ0v) is 37.4. The summed E-state index contributed by atoms with van der Waals surface area (Å²) in [6, 6.07) is 80.5. The number of fused-ring (bicyclic) bond motifs is 3. The zero-order chi connectivity index (χ0) is 46.8. The fourth-order valence-corrected chi connectivity index (χ4v) is 9.36. The Bertz CT molecular complexity index is 3760. The summed E-state index contributed by atoms with van der Waals surface area (Å²) in [6.07, 6.45) is 0. The van der Waals surface area contributed by atoms with Crippen LogP contribution in [0.25, 0.3) is 83.6 Å². The first kappa shape index (κ1) is 41.8. The van der Waals surface area contributed by atoms with Gasteiger partial charge in [0.05, 0.1) is 57.3 Å². The van der Waals surface area contributed by atoms with Crippen LogP contribution in [0, 0.1) is 40.9 Å². The monoisotopic (exact) mass is 881 g/mol. The summed E-state index contributed by atoms with van der Waals surface area (Å²) in [5, 5.41) is 32.9. The molecule has 7 nitrogen and oxygen atoms in total. The van der Waals surface area contributed by atoms with Gasteiger partial charge in [-0.25, -0.2) is 9.97 Å². The van der Waals surface area contributed by atoms with Crippen LogP contribution in [0.5, 0.6) is 0 Å². The molecule has 0 aliphatic rings. The summed E-state index contributed by atoms with van der Waals surface area (Å²) < 4.78 is 2.34. The number of rotatable bonds is 9. The lowest BCUT2D eigenvalue weighted by atomic mass is 9.92. The summed E-state index contributed by atoms with van der Waals surface area (Å²) in [6.45, 7) is 2.00. The molecule has 69 heavy (non-hydrogen) atoms. The molecule has 0 radical (unpaired) electrons. The van der Waals surface area contributed by atoms with E-state index in [2.05, 4.69) is 167 Å². The van der Waals surface area contributed by atoms with Gasteiger partial charge < -0.3 is 9.47 Å². The maximum Gasteiger partial charge on any atom is 0.161 e. The van der Waals surface area contributed by atoms with Crippen molar-refractivity contribution in [3.8, 4) is 80.1 Å². The first-order valence-electron chi connectivity index (χ1n) is 22.6. The second kappa shape index (κ2) is 17.8. The Morgan fingerprint density at radius 3 is 1.57 bits per heavy atom. The highest BCUT2D eigenvalue weighted by Crippen LogP contribution is 2.41. The highest BCUT2D eigenvalue weighted by Gasteiger charge is 2.20. The van der Waals surface area contributed by atoms with Gasteiger partial charge in [0, 0.05) is 50.2 Å². The molecule has 0 amide bonds. The number of benzene rings is 9. The molecule has 322 valence electrons. The molecule has 2 aromatic heterocycles. The van der Waals surface area contributed by atoms with Gasteiger partial charge in [0.25, 0.3) is 0 Å². The fourth-order valence-electron chi connectivity index (χ4n) is 9.36. The maximum absolute atomic E-state index is 10.6. The van der Waals surface area contributed by atoms with Crippen molar-refractivity contribution in [1.82, 2.24) is 14.5 Å². The number of aromatic nitrogens is 3. The second-order valence-corrected chi connectivity index (χ2v) is 16.8. The van der Waals surface area contributed by atoms with E-state index in [4.69, 9.17) is 9.97 Å². The minimum atomic E-state index is 0.358. The molecular weight excluding hydrogens is 843 g/mol. The standard InChI is InChI=1S/C62H39N7/c1-41-34-56(47(40-65)35-55(41)59-37-58(52-20-10-8-14-45(52)38-63)66-62(67-59)53-21-11-9-15-46(53)39-64)44-26-24-42(25-27-44)43-28-30-50(31-29-43)69-60-23-13-12-22-54(60)57-36-51(32-33-61(57)69)68(48-16-4-2-5-17-48)49-18-6-3-7-19-49/h2-37H,1H3. The first-order chi connectivity index (χ1) is 34.0. The molecule has 0 aliphatic heterocycles. The van der Waals surface area contributed by atoms with Crippen LogP contribution in [-0.2, 0) is 0 Å². The molecule has 9 aromatic carbocycles. The van der Waals surface area contributed by atoms with Crippen LogP contribution >= 0.6 is 0 Å². The number of nitriles is 3. The van der Waals surface area contributed by atoms with Crippen LogP contribution < -0.4 is 4.90 Å². The lowest BCUT2D eigenvalue weighted by Crippen LogP contribution is -2.09. The lowest BCUT2D eigenvalue weighted by Gasteiger charge is -2.25. The van der Waals surface area contributed by atoms with Crippen molar-refractivity contribution in [3.05, 3.63) is 241 Å². The molecule has 0 saturated heterocycles. The summed E-state index contributed by atoms with van der Waals surface area (Å²) in [4.78, 5) is 12.1. The van der Waals surface area contributed by atoms with Gasteiger partial charge in [-0.15, -0.1) is 0 Å². The smallest absolute Gasteiger partial charge is 0.161 e. The van der Waals surface area contributed by atoms with E-state index in [0.29, 0.717) is 45.0 Å². The Morgan fingerprint density at radius 2 is 0.913 bits per heavy atom. The number of hydrogen-bond donors (Lipinski definition) is 0. The Labute approximate surface area is 400 Å². The number of aryl methyl sites for hydroxylation is 1. The van der Waals surface area contributed by atoms with Crippen molar-refractivity contribution in [2.45, 2.75) is 6.92 Å². The van der Waals surface area contributed by atoms with E-state index in [9.17, 15) is 15.8 Å². The Morgan fingerprint density at radius 1 is 0.391 bits per heavy atom. The van der Waals surface area contributed by atoms with Crippen molar-refractivity contribution in [2.75, 3.05) is 4.90 Å². The van der Waals surface area contributed by atoms with Crippen LogP contribution in [0.4, 0.5) is 17.1 Å². The lowest BCUT2D eigenvalue weighted by molar-refractivity contribution is 1.17. The molecule has 0 atom stereocenters. The van der Waals surface area contributed by atoms with Gasteiger partial charge in [-0.3, -0.25) is 0 Å². The number of hydrogen-bond acceptors (Lipinski definition) is 6. The van der Waals surface area contributed by atoms with Crippen LogP contribution in [0.15, 0.2) is 218 Å². The maximum atomic E-state index is 10.6. The molecule has 0 fully saturated rings. The average Bonchev–Trinajstić information content (AvgIpc) is 3.75. The van der Waals surface area contributed by atoms with E-state index in [1.165, 1.54) is 10.8 Å². The third kappa shape index (κ3) is 7.71. The quantitative estimate of drug-likeness (QED) is 0.143. The van der Waals surface area contributed by atoms with E-state index in [1.807, 2.05) is 67.6 Å². The predicted molar refractivity (Wildman–Crippen MR) is 277 cm³/mol. The molecule has 11 aromatic rings. The van der Waals surface area contributed by atoms with E-state index in [1.54, 1.807) is 18.2 Å². The molecule has 0 saturated carbocycles. The summed E-state index contributed by atoms with van der Waals surface area (Å²) in [5.74, 6) is 0.358. The molecule has 0 N–H and O–H groups in total. The fraction of sp³-hybridized carbons (Fsp3) is 0.0161. The van der Waals surface area contributed by atoms with Crippen LogP contribution in [0.2, 0.25) is 0 Å². The topological polar surface area (TPSA) is 105 Å². The van der Waals surface area contributed by atoms with Crippen molar-refractivity contribution < 1.29 is 0 Å². The largest absolute Gasteiger partial charge is 0.310 e. The Balaban J connectivity index is 0.917. The Kier molecular flexibility index (Phi) is 10.8. The molecule has 7 heteroatoms. The highest BCUT2D eigenvalue weighted by atomic mass is 15.1. The summed E-state index contributed by atoms with van der Waals surface area (Å²) in [5.41, 5.74) is 15.9. The van der Waals surface area contributed by atoms with Gasteiger partial charge in [-0.2, -0.15) is 15.8 Å². The average molecular weight is 882 g/mol. The van der Waals surface area contributed by atoms with E-state index in [0.717, 1.165) is 67.2 Å². The van der Waals surface area contributed by atoms with E-state index >= 15 is 0 Å². The third-order valence-corrected chi connectivity index (χ3v) is 12.7. The van der Waals surface area contributed by atoms with Crippen LogP contribution in [0.3, 0.4) is 0 Å². The van der Waals surface area contributed by atoms with Gasteiger partial charge >= 0.3 is 0 Å². The van der Waals surface area contributed by atoms with Crippen molar-refractivity contribution in [1.29, 1.82) is 15.8 Å². The minimum absolute atomic E-state index is 0.358. The van der Waals surface area contributed by atoms with Crippen molar-refractivity contribution >= 4 is 38.9 Å². The summed E-state index contributed by atoms with van der Waals surface area (Å²) in [7, 11) is 0. The number of anilines is 3. The molecule has 0 unspecified atom stereocenters. The number of nitrogens with zero attached hydrogens (tertiary/aromatic N) is 7. The SMILES string of the molecule is Cc1cc(-c2ccc(-c3ccc(-n4c5ccccc5c5cc(N(c6ccccc6)c6ccccc6)ccc54)cc3)cc2)c(C#N)cc1-c1cc(-c2ccccc2C#N)nc(-c2ccccc2C#N)n1. The van der Waals surface area contributed by atoms with Gasteiger partial charge in [0.1, 0.15) is 0 Å². The zero-order valence-electron chi connectivity index (χ0n) is 37.4. The van der Waals surface area contributed by atoms with E-state index < -0.39 is 0 Å². The van der Waals surface area contributed by atoms with Crippen molar-refractivity contribution in [2.24, 2.45) is 0 Å². The molecule has 11 rings (SSSR count). The van der Waals surface area contributed by atoms with Crippen molar-refractivity contribution in [3.63, 3.8) is 0 Å². The third-order valence-electron chi connectivity index (χ3n) is 12.7. The van der Waals surface area contributed by atoms with Gasteiger partial charge in [0.15, 0.2) is 5.82 Å². The molecular formula is C62H39N7. The highest BCUT2D eigenvalue weighted by molar-refractivity contribution is 6.10. The normalized spacial score (nSPS) is 10.9. The van der Waals surface area contributed by atoms with Gasteiger partial charge in [-0.1, -0.05) is 121 Å². The van der Waals surface area contributed by atoms with Gasteiger partial charge in [-0.05, 0) is 132 Å². The molecule has 0 spiro atoms. The second-order valence-electron chi connectivity index (χ2n) is 16.8. The minimum Gasteiger partial charge on any atom is -0.310 e. The Hall–Kier alpha value is -9.87. The summed E-state index contributed by atoms with van der Waals surface area (Å²) >= 11 is 0. The first-order valence-corrected chi connectivity index (χ1v) is 22.6. The predicted octanol–water partition coefficient (Wildman–Crippen LogP) is 15.3. The molecule has 0 bridgehead atoms. The van der Waals surface area contributed by atoms with Gasteiger partial charge in [0.2, 0.25) is 0 Å². The number of para-hydroxylation sites is 3.